The van der Waals surface area contributed by atoms with Gasteiger partial charge >= 0.3 is 0 Å². The van der Waals surface area contributed by atoms with E-state index in [4.69, 9.17) is 0 Å². The number of hydrogen-bond acceptors (Lipinski definition) is 4. The van der Waals surface area contributed by atoms with Gasteiger partial charge in [-0.15, -0.1) is 0 Å². The van der Waals surface area contributed by atoms with E-state index in [9.17, 15) is 18.0 Å². The number of carbonyl (C=O) groups excluding carboxylic acids is 2. The van der Waals surface area contributed by atoms with Gasteiger partial charge in [0.15, 0.2) is 9.84 Å². The zero-order valence-electron chi connectivity index (χ0n) is 15.1. The molecule has 2 heterocycles. The summed E-state index contributed by atoms with van der Waals surface area (Å²) < 4.78 is 23.6. The average molecular weight is 378 g/mol. The van der Waals surface area contributed by atoms with Gasteiger partial charge in [-0.2, -0.15) is 0 Å². The summed E-state index contributed by atoms with van der Waals surface area (Å²) in [5, 5.41) is 0. The van der Waals surface area contributed by atoms with Crippen LogP contribution in [0.2, 0.25) is 0 Å². The Bertz CT molecular complexity index is 763. The number of nitrogens with zero attached hydrogens (tertiary/aromatic N) is 2. The van der Waals surface area contributed by atoms with Gasteiger partial charge in [-0.25, -0.2) is 8.42 Å². The van der Waals surface area contributed by atoms with Crippen LogP contribution in [0.5, 0.6) is 0 Å². The predicted octanol–water partition coefficient (Wildman–Crippen LogP) is 1.46. The highest BCUT2D eigenvalue weighted by molar-refractivity contribution is 7.91. The lowest BCUT2D eigenvalue weighted by Gasteiger charge is -2.30. The highest BCUT2D eigenvalue weighted by atomic mass is 32.2. The third-order valence-corrected chi connectivity index (χ3v) is 6.93. The molecule has 2 aliphatic rings. The normalized spacial score (nSPS) is 24.8. The van der Waals surface area contributed by atoms with Crippen LogP contribution in [0.3, 0.4) is 0 Å². The zero-order chi connectivity index (χ0) is 18.7. The van der Waals surface area contributed by atoms with Gasteiger partial charge in [0.05, 0.1) is 17.4 Å². The molecule has 2 fully saturated rings. The molecule has 1 aromatic rings. The lowest BCUT2D eigenvalue weighted by molar-refractivity contribution is -0.137. The van der Waals surface area contributed by atoms with Gasteiger partial charge in [0.1, 0.15) is 0 Å². The van der Waals surface area contributed by atoms with Crippen LogP contribution in [0, 0.1) is 5.92 Å². The minimum atomic E-state index is -3.05. The van der Waals surface area contributed by atoms with Crippen molar-refractivity contribution < 1.29 is 18.0 Å². The smallest absolute Gasteiger partial charge is 0.228 e. The Morgan fingerprint density at radius 1 is 1.27 bits per heavy atom. The second-order valence-corrected chi connectivity index (χ2v) is 9.48. The summed E-state index contributed by atoms with van der Waals surface area (Å²) in [6, 6.07) is 9.49. The van der Waals surface area contributed by atoms with Gasteiger partial charge in [-0.1, -0.05) is 37.3 Å². The lowest BCUT2D eigenvalue weighted by atomic mass is 10.0. The molecule has 7 heteroatoms. The first-order valence-corrected chi connectivity index (χ1v) is 11.0. The molecule has 1 aromatic carbocycles. The van der Waals surface area contributed by atoms with Crippen LogP contribution < -0.4 is 0 Å². The van der Waals surface area contributed by atoms with E-state index in [1.54, 1.807) is 9.80 Å². The number of sulfone groups is 1. The third kappa shape index (κ3) is 4.26. The molecular formula is C19H26N2O4S. The Morgan fingerprint density at radius 3 is 2.62 bits per heavy atom. The molecule has 3 rings (SSSR count). The topological polar surface area (TPSA) is 74.8 Å². The van der Waals surface area contributed by atoms with Crippen molar-refractivity contribution in [2.45, 2.75) is 38.8 Å². The van der Waals surface area contributed by atoms with E-state index in [2.05, 4.69) is 0 Å². The van der Waals surface area contributed by atoms with E-state index in [0.29, 0.717) is 26.1 Å². The minimum absolute atomic E-state index is 0.0114. The fourth-order valence-corrected chi connectivity index (χ4v) is 5.59. The Kier molecular flexibility index (Phi) is 5.65. The van der Waals surface area contributed by atoms with Crippen LogP contribution >= 0.6 is 0 Å². The Morgan fingerprint density at radius 2 is 2.00 bits per heavy atom. The van der Waals surface area contributed by atoms with Crippen LogP contribution in [-0.4, -0.2) is 60.7 Å². The fourth-order valence-electron chi connectivity index (χ4n) is 3.86. The summed E-state index contributed by atoms with van der Waals surface area (Å²) in [7, 11) is -3.05. The molecule has 0 N–H and O–H groups in total. The maximum Gasteiger partial charge on any atom is 0.228 e. The molecule has 0 unspecified atom stereocenters. The van der Waals surface area contributed by atoms with E-state index in [-0.39, 0.29) is 41.7 Å². The van der Waals surface area contributed by atoms with Crippen molar-refractivity contribution in [1.29, 1.82) is 0 Å². The quantitative estimate of drug-likeness (QED) is 0.751. The van der Waals surface area contributed by atoms with Gasteiger partial charge in [0, 0.05) is 32.1 Å². The molecule has 6 nitrogen and oxygen atoms in total. The molecule has 26 heavy (non-hydrogen) atoms. The van der Waals surface area contributed by atoms with Crippen molar-refractivity contribution in [3.8, 4) is 0 Å². The summed E-state index contributed by atoms with van der Waals surface area (Å²) in [4.78, 5) is 28.8. The van der Waals surface area contributed by atoms with Crippen LogP contribution in [-0.2, 0) is 26.0 Å². The molecule has 0 aliphatic carbocycles. The number of hydrogen-bond donors (Lipinski definition) is 0. The number of rotatable bonds is 6. The van der Waals surface area contributed by atoms with Gasteiger partial charge in [0.25, 0.3) is 0 Å². The maximum atomic E-state index is 13.0. The minimum Gasteiger partial charge on any atom is -0.338 e. The van der Waals surface area contributed by atoms with E-state index >= 15 is 0 Å². The number of benzene rings is 1. The number of carbonyl (C=O) groups is 2. The van der Waals surface area contributed by atoms with Gasteiger partial charge in [-0.3, -0.25) is 9.59 Å². The highest BCUT2D eigenvalue weighted by Gasteiger charge is 2.40. The summed E-state index contributed by atoms with van der Waals surface area (Å²) in [6.45, 7) is 3.44. The predicted molar refractivity (Wildman–Crippen MR) is 99.0 cm³/mol. The SMILES string of the molecule is CCCN(C(=O)[C@H]1CC(=O)N(Cc2ccccc2)C1)[C@@H]1CCS(=O)(=O)C1. The second-order valence-electron chi connectivity index (χ2n) is 7.25. The third-order valence-electron chi connectivity index (χ3n) is 5.18. The average Bonchev–Trinajstić information content (AvgIpc) is 3.15. The first-order chi connectivity index (χ1) is 12.4. The zero-order valence-corrected chi connectivity index (χ0v) is 16.0. The largest absolute Gasteiger partial charge is 0.338 e. The lowest BCUT2D eigenvalue weighted by Crippen LogP contribution is -2.45. The van der Waals surface area contributed by atoms with E-state index in [1.165, 1.54) is 0 Å². The van der Waals surface area contributed by atoms with Gasteiger partial charge in [0.2, 0.25) is 11.8 Å². The van der Waals surface area contributed by atoms with Crippen LogP contribution in [0.15, 0.2) is 30.3 Å². The Labute approximate surface area is 155 Å². The van der Waals surface area contributed by atoms with Crippen LogP contribution in [0.1, 0.15) is 31.7 Å². The van der Waals surface area contributed by atoms with Crippen LogP contribution in [0.4, 0.5) is 0 Å². The second kappa shape index (κ2) is 7.78. The summed E-state index contributed by atoms with van der Waals surface area (Å²) >= 11 is 0. The van der Waals surface area contributed by atoms with Gasteiger partial charge in [-0.05, 0) is 18.4 Å². The molecular weight excluding hydrogens is 352 g/mol. The van der Waals surface area contributed by atoms with Crippen molar-refractivity contribution in [2.75, 3.05) is 24.6 Å². The van der Waals surface area contributed by atoms with Crippen LogP contribution in [0.25, 0.3) is 0 Å². The molecule has 0 aromatic heterocycles. The standard InChI is InChI=1S/C19H26N2O4S/c1-2-9-21(17-8-10-26(24,25)14-17)19(23)16-11-18(22)20(13-16)12-15-6-4-3-5-7-15/h3-7,16-17H,2,8-14H2,1H3/t16-,17+/m0/s1. The fraction of sp³-hybridized carbons (Fsp3) is 0.579. The van der Waals surface area contributed by atoms with E-state index in [1.807, 2.05) is 37.3 Å². The monoisotopic (exact) mass is 378 g/mol. The first-order valence-electron chi connectivity index (χ1n) is 9.22. The van der Waals surface area contributed by atoms with Crippen molar-refractivity contribution >= 4 is 21.7 Å². The summed E-state index contributed by atoms with van der Waals surface area (Å²) in [5.74, 6) is -0.260. The molecule has 0 spiro atoms. The van der Waals surface area contributed by atoms with Crippen molar-refractivity contribution in [2.24, 2.45) is 5.92 Å². The molecule has 2 saturated heterocycles. The van der Waals surface area contributed by atoms with E-state index < -0.39 is 9.84 Å². The molecule has 2 atom stereocenters. The maximum absolute atomic E-state index is 13.0. The Hall–Kier alpha value is -1.89. The van der Waals surface area contributed by atoms with Crippen molar-refractivity contribution in [3.63, 3.8) is 0 Å². The van der Waals surface area contributed by atoms with Crippen molar-refractivity contribution in [3.05, 3.63) is 35.9 Å². The molecule has 0 saturated carbocycles. The molecule has 0 radical (unpaired) electrons. The highest BCUT2D eigenvalue weighted by Crippen LogP contribution is 2.26. The first kappa shape index (κ1) is 18.9. The number of likely N-dealkylation sites (tertiary alicyclic amines) is 1. The molecule has 142 valence electrons. The summed E-state index contributed by atoms with van der Waals surface area (Å²) in [5.41, 5.74) is 1.04. The van der Waals surface area contributed by atoms with E-state index in [0.717, 1.165) is 12.0 Å². The number of amides is 2. The molecule has 2 amide bonds. The van der Waals surface area contributed by atoms with Gasteiger partial charge < -0.3 is 9.80 Å². The molecule has 2 aliphatic heterocycles. The summed E-state index contributed by atoms with van der Waals surface area (Å²) in [6.07, 6.45) is 1.49. The van der Waals surface area contributed by atoms with Crippen molar-refractivity contribution in [1.82, 2.24) is 9.80 Å². The Balaban J connectivity index is 1.67. The molecule has 0 bridgehead atoms.